The molecule has 1 heterocycles. The molecular formula is C12H17N3O3S. The monoisotopic (exact) mass is 283 g/mol. The molecule has 6 nitrogen and oxygen atoms in total. The minimum Gasteiger partial charge on any atom is -0.469 e. The van der Waals surface area contributed by atoms with Crippen molar-refractivity contribution in [1.29, 1.82) is 0 Å². The van der Waals surface area contributed by atoms with E-state index in [0.29, 0.717) is 17.1 Å². The van der Waals surface area contributed by atoms with Crippen molar-refractivity contribution in [1.82, 2.24) is 15.1 Å². The second-order valence-corrected chi connectivity index (χ2v) is 5.62. The number of nitrogens with zero attached hydrogens (tertiary/aromatic N) is 3. The van der Waals surface area contributed by atoms with Gasteiger partial charge in [0.2, 0.25) is 0 Å². The van der Waals surface area contributed by atoms with Crippen LogP contribution in [0.25, 0.3) is 0 Å². The number of carbonyl (C=O) groups is 2. The van der Waals surface area contributed by atoms with Gasteiger partial charge in [0.15, 0.2) is 5.69 Å². The van der Waals surface area contributed by atoms with Crippen molar-refractivity contribution in [3.05, 3.63) is 17.8 Å². The van der Waals surface area contributed by atoms with Gasteiger partial charge in [-0.1, -0.05) is 6.92 Å². The van der Waals surface area contributed by atoms with Gasteiger partial charge in [-0.05, 0) is 12.1 Å². The van der Waals surface area contributed by atoms with E-state index < -0.39 is 0 Å². The molecule has 0 bridgehead atoms. The highest BCUT2D eigenvalue weighted by Crippen LogP contribution is 2.22. The molecule has 0 fully saturated rings. The van der Waals surface area contributed by atoms with E-state index in [0.717, 1.165) is 0 Å². The van der Waals surface area contributed by atoms with Gasteiger partial charge >= 0.3 is 5.97 Å². The van der Waals surface area contributed by atoms with Crippen molar-refractivity contribution in [3.8, 4) is 0 Å². The summed E-state index contributed by atoms with van der Waals surface area (Å²) in [6.07, 6.45) is 0.307. The quantitative estimate of drug-likeness (QED) is 0.597. The summed E-state index contributed by atoms with van der Waals surface area (Å²) in [4.78, 5) is 24.2. The van der Waals surface area contributed by atoms with Gasteiger partial charge in [0.1, 0.15) is 5.03 Å². The maximum Gasteiger partial charge on any atom is 0.306 e. The molecular weight excluding hydrogens is 266 g/mol. The molecule has 1 unspecified atom stereocenters. The number of carbonyl (C=O) groups excluding carboxylic acids is 2. The lowest BCUT2D eigenvalue weighted by Crippen LogP contribution is -2.23. The second-order valence-electron chi connectivity index (χ2n) is 4.17. The fourth-order valence-electron chi connectivity index (χ4n) is 1.29. The molecule has 1 aromatic heterocycles. The molecule has 0 saturated heterocycles. The lowest BCUT2D eigenvalue weighted by molar-refractivity contribution is -0.140. The molecule has 0 aliphatic rings. The van der Waals surface area contributed by atoms with E-state index in [1.54, 1.807) is 26.2 Å². The van der Waals surface area contributed by atoms with Crippen LogP contribution in [-0.2, 0) is 9.53 Å². The van der Waals surface area contributed by atoms with E-state index in [2.05, 4.69) is 14.9 Å². The molecule has 0 saturated carbocycles. The smallest absolute Gasteiger partial charge is 0.306 e. The Hall–Kier alpha value is -1.63. The SMILES string of the molecule is COC(=O)CC(C)Sc1ccc(C(=O)N(C)C)nn1. The van der Waals surface area contributed by atoms with Crippen LogP contribution in [-0.4, -0.2) is 53.4 Å². The van der Waals surface area contributed by atoms with Gasteiger partial charge in [-0.2, -0.15) is 0 Å². The highest BCUT2D eigenvalue weighted by atomic mass is 32.2. The van der Waals surface area contributed by atoms with Crippen molar-refractivity contribution in [2.75, 3.05) is 21.2 Å². The Labute approximate surface area is 116 Å². The van der Waals surface area contributed by atoms with Gasteiger partial charge in [-0.3, -0.25) is 9.59 Å². The van der Waals surface area contributed by atoms with E-state index in [1.165, 1.54) is 23.8 Å². The topological polar surface area (TPSA) is 72.4 Å². The predicted octanol–water partition coefficient (Wildman–Crippen LogP) is 1.22. The highest BCUT2D eigenvalue weighted by Gasteiger charge is 2.13. The fourth-order valence-corrected chi connectivity index (χ4v) is 2.16. The van der Waals surface area contributed by atoms with Crippen LogP contribution in [0.5, 0.6) is 0 Å². The Morgan fingerprint density at radius 3 is 2.53 bits per heavy atom. The van der Waals surface area contributed by atoms with Crippen LogP contribution in [0.3, 0.4) is 0 Å². The number of thioether (sulfide) groups is 1. The first-order valence-electron chi connectivity index (χ1n) is 5.73. The average Bonchev–Trinajstić information content (AvgIpc) is 2.38. The minimum absolute atomic E-state index is 0.0390. The highest BCUT2D eigenvalue weighted by molar-refractivity contribution is 7.99. The molecule has 0 radical (unpaired) electrons. The van der Waals surface area contributed by atoms with Crippen molar-refractivity contribution in [3.63, 3.8) is 0 Å². The maximum absolute atomic E-state index is 11.6. The molecule has 1 rings (SSSR count). The Balaban J connectivity index is 2.62. The van der Waals surface area contributed by atoms with E-state index in [1.807, 2.05) is 6.92 Å². The first-order chi connectivity index (χ1) is 8.93. The van der Waals surface area contributed by atoms with Gasteiger partial charge in [-0.25, -0.2) is 0 Å². The summed E-state index contributed by atoms with van der Waals surface area (Å²) < 4.78 is 4.60. The number of ether oxygens (including phenoxy) is 1. The number of rotatable bonds is 5. The zero-order chi connectivity index (χ0) is 14.4. The van der Waals surface area contributed by atoms with Crippen LogP contribution in [0.1, 0.15) is 23.8 Å². The lowest BCUT2D eigenvalue weighted by atomic mass is 10.3. The third kappa shape index (κ3) is 4.86. The van der Waals surface area contributed by atoms with Gasteiger partial charge in [0.05, 0.1) is 13.5 Å². The molecule has 0 spiro atoms. The number of aromatic nitrogens is 2. The van der Waals surface area contributed by atoms with Crippen molar-refractivity contribution in [2.45, 2.75) is 23.6 Å². The molecule has 19 heavy (non-hydrogen) atoms. The summed E-state index contributed by atoms with van der Waals surface area (Å²) in [5.41, 5.74) is 0.301. The summed E-state index contributed by atoms with van der Waals surface area (Å²) in [6, 6.07) is 3.35. The third-order valence-electron chi connectivity index (χ3n) is 2.27. The number of methoxy groups -OCH3 is 1. The van der Waals surface area contributed by atoms with Crippen molar-refractivity contribution in [2.24, 2.45) is 0 Å². The summed E-state index contributed by atoms with van der Waals surface area (Å²) in [7, 11) is 4.68. The summed E-state index contributed by atoms with van der Waals surface area (Å²) in [5.74, 6) is -0.445. The van der Waals surface area contributed by atoms with Gasteiger partial charge < -0.3 is 9.64 Å². The molecule has 0 aliphatic carbocycles. The molecule has 0 aromatic carbocycles. The third-order valence-corrected chi connectivity index (χ3v) is 3.30. The van der Waals surface area contributed by atoms with Crippen LogP contribution in [0, 0.1) is 0 Å². The molecule has 104 valence electrons. The van der Waals surface area contributed by atoms with Crippen LogP contribution in [0.15, 0.2) is 17.2 Å². The van der Waals surface area contributed by atoms with Gasteiger partial charge in [-0.15, -0.1) is 22.0 Å². The van der Waals surface area contributed by atoms with Crippen molar-refractivity contribution >= 4 is 23.6 Å². The molecule has 0 aliphatic heterocycles. The van der Waals surface area contributed by atoms with E-state index in [9.17, 15) is 9.59 Å². The molecule has 1 aromatic rings. The van der Waals surface area contributed by atoms with Crippen LogP contribution >= 0.6 is 11.8 Å². The summed E-state index contributed by atoms with van der Waals surface area (Å²) in [5, 5.41) is 8.55. The Kier molecular flexibility index (Phi) is 5.75. The van der Waals surface area contributed by atoms with Gasteiger partial charge in [0.25, 0.3) is 5.91 Å². The van der Waals surface area contributed by atoms with E-state index >= 15 is 0 Å². The molecule has 7 heteroatoms. The normalized spacial score (nSPS) is 11.8. The number of amides is 1. The minimum atomic E-state index is -0.257. The number of hydrogen-bond donors (Lipinski definition) is 0. The van der Waals surface area contributed by atoms with E-state index in [-0.39, 0.29) is 17.1 Å². The molecule has 0 N–H and O–H groups in total. The average molecular weight is 283 g/mol. The number of hydrogen-bond acceptors (Lipinski definition) is 6. The largest absolute Gasteiger partial charge is 0.469 e. The van der Waals surface area contributed by atoms with Crippen LogP contribution in [0.2, 0.25) is 0 Å². The van der Waals surface area contributed by atoms with Crippen LogP contribution < -0.4 is 0 Å². The molecule has 1 amide bonds. The summed E-state index contributed by atoms with van der Waals surface area (Å²) in [6.45, 7) is 1.90. The second kappa shape index (κ2) is 7.08. The fraction of sp³-hybridized carbons (Fsp3) is 0.500. The first-order valence-corrected chi connectivity index (χ1v) is 6.61. The predicted molar refractivity (Wildman–Crippen MR) is 72.0 cm³/mol. The zero-order valence-electron chi connectivity index (χ0n) is 11.4. The van der Waals surface area contributed by atoms with Gasteiger partial charge in [0, 0.05) is 19.3 Å². The number of esters is 1. The Bertz CT molecular complexity index is 448. The lowest BCUT2D eigenvalue weighted by Gasteiger charge is -2.10. The Morgan fingerprint density at radius 1 is 1.37 bits per heavy atom. The summed E-state index contributed by atoms with van der Waals surface area (Å²) >= 11 is 1.42. The van der Waals surface area contributed by atoms with Crippen LogP contribution in [0.4, 0.5) is 0 Å². The van der Waals surface area contributed by atoms with Crippen molar-refractivity contribution < 1.29 is 14.3 Å². The standard InChI is InChI=1S/C12H17N3O3S/c1-8(7-11(16)18-4)19-10-6-5-9(13-14-10)12(17)15(2)3/h5-6,8H,7H2,1-4H3. The Morgan fingerprint density at radius 2 is 2.05 bits per heavy atom. The molecule has 1 atom stereocenters. The maximum atomic E-state index is 11.6. The first kappa shape index (κ1) is 15.4. The zero-order valence-corrected chi connectivity index (χ0v) is 12.2. The van der Waals surface area contributed by atoms with E-state index in [4.69, 9.17) is 0 Å².